The molecule has 3 atom stereocenters. The number of hydrogen-bond acceptors (Lipinski definition) is 2. The lowest BCUT2D eigenvalue weighted by molar-refractivity contribution is 0.214. The Morgan fingerprint density at radius 2 is 2.19 bits per heavy atom. The van der Waals surface area contributed by atoms with Crippen molar-refractivity contribution in [1.29, 1.82) is 0 Å². The summed E-state index contributed by atoms with van der Waals surface area (Å²) in [5.41, 5.74) is 4.50. The van der Waals surface area contributed by atoms with E-state index in [2.05, 4.69) is 35.5 Å². The lowest BCUT2D eigenvalue weighted by atomic mass is 9.88. The third kappa shape index (κ3) is 2.70. The van der Waals surface area contributed by atoms with Crippen LogP contribution in [-0.4, -0.2) is 25.0 Å². The highest BCUT2D eigenvalue weighted by molar-refractivity contribution is 5.56. The molecule has 0 spiro atoms. The van der Waals surface area contributed by atoms with Crippen molar-refractivity contribution in [2.75, 3.05) is 25.5 Å². The van der Waals surface area contributed by atoms with E-state index in [9.17, 15) is 0 Å². The summed E-state index contributed by atoms with van der Waals surface area (Å²) in [6.07, 6.45) is 8.59. The third-order valence-electron chi connectivity index (χ3n) is 6.06. The van der Waals surface area contributed by atoms with Crippen LogP contribution in [0.2, 0.25) is 0 Å². The molecule has 1 aliphatic heterocycles. The fourth-order valence-corrected chi connectivity index (χ4v) is 5.09. The Morgan fingerprint density at radius 1 is 1.24 bits per heavy atom. The van der Waals surface area contributed by atoms with Crippen molar-refractivity contribution in [2.24, 2.45) is 17.8 Å². The maximum Gasteiger partial charge on any atom is 0.0375 e. The first kappa shape index (κ1) is 13.6. The predicted molar refractivity (Wildman–Crippen MR) is 88.5 cm³/mol. The molecule has 2 aliphatic carbocycles. The van der Waals surface area contributed by atoms with Gasteiger partial charge in [0.2, 0.25) is 0 Å². The number of nitrogens with zero attached hydrogens (tertiary/aromatic N) is 1. The molecule has 3 unspecified atom stereocenters. The van der Waals surface area contributed by atoms with Crippen LogP contribution in [-0.2, 0) is 13.0 Å². The monoisotopic (exact) mass is 284 g/mol. The van der Waals surface area contributed by atoms with Gasteiger partial charge in [0.15, 0.2) is 0 Å². The van der Waals surface area contributed by atoms with Gasteiger partial charge in [-0.25, -0.2) is 0 Å². The van der Waals surface area contributed by atoms with E-state index in [1.54, 1.807) is 11.1 Å². The van der Waals surface area contributed by atoms with E-state index >= 15 is 0 Å². The Morgan fingerprint density at radius 3 is 3.00 bits per heavy atom. The van der Waals surface area contributed by atoms with Gasteiger partial charge < -0.3 is 10.2 Å². The van der Waals surface area contributed by atoms with Crippen molar-refractivity contribution in [2.45, 2.75) is 45.1 Å². The van der Waals surface area contributed by atoms with Crippen LogP contribution in [0.15, 0.2) is 18.2 Å². The smallest absolute Gasteiger partial charge is 0.0375 e. The van der Waals surface area contributed by atoms with Crippen molar-refractivity contribution in [3.8, 4) is 0 Å². The average Bonchev–Trinajstić information content (AvgIpc) is 3.10. The summed E-state index contributed by atoms with van der Waals surface area (Å²) in [7, 11) is 2.32. The molecular weight excluding hydrogens is 256 g/mol. The lowest BCUT2D eigenvalue weighted by Gasteiger charge is -2.29. The first-order chi connectivity index (χ1) is 10.3. The largest absolute Gasteiger partial charge is 0.385 e. The number of anilines is 1. The van der Waals surface area contributed by atoms with Gasteiger partial charge in [-0.1, -0.05) is 18.6 Å². The van der Waals surface area contributed by atoms with E-state index < -0.39 is 0 Å². The third-order valence-corrected chi connectivity index (χ3v) is 6.06. The zero-order chi connectivity index (χ0) is 14.2. The Labute approximate surface area is 128 Å². The standard InChI is InChI=1S/C19H28N2/c1-21(13-17-11-14-7-8-15(17)10-14)12-16-4-2-6-19-18(16)5-3-9-20-19/h2,4,6,14-15,17,20H,3,5,7-13H2,1H3. The first-order valence-electron chi connectivity index (χ1n) is 8.83. The van der Waals surface area contributed by atoms with Crippen LogP contribution in [0.5, 0.6) is 0 Å². The zero-order valence-electron chi connectivity index (χ0n) is 13.3. The van der Waals surface area contributed by atoms with E-state index in [0.717, 1.165) is 30.8 Å². The molecule has 3 aliphatic rings. The molecule has 0 radical (unpaired) electrons. The molecule has 114 valence electrons. The number of hydrogen-bond donors (Lipinski definition) is 1. The molecule has 1 aromatic rings. The van der Waals surface area contributed by atoms with E-state index in [1.807, 2.05) is 0 Å². The number of fused-ring (bicyclic) bond motifs is 3. The summed E-state index contributed by atoms with van der Waals surface area (Å²) in [5, 5.41) is 3.55. The highest BCUT2D eigenvalue weighted by Crippen LogP contribution is 2.48. The summed E-state index contributed by atoms with van der Waals surface area (Å²) in [6, 6.07) is 6.80. The fourth-order valence-electron chi connectivity index (χ4n) is 5.09. The second-order valence-corrected chi connectivity index (χ2v) is 7.61. The average molecular weight is 284 g/mol. The van der Waals surface area contributed by atoms with Crippen LogP contribution in [0.25, 0.3) is 0 Å². The first-order valence-corrected chi connectivity index (χ1v) is 8.83. The highest BCUT2D eigenvalue weighted by atomic mass is 15.1. The van der Waals surface area contributed by atoms with Gasteiger partial charge in [0, 0.05) is 25.3 Å². The van der Waals surface area contributed by atoms with Gasteiger partial charge in [-0.3, -0.25) is 0 Å². The molecule has 21 heavy (non-hydrogen) atoms. The number of nitrogens with one attached hydrogen (secondary N) is 1. The van der Waals surface area contributed by atoms with Crippen LogP contribution in [0, 0.1) is 17.8 Å². The fraction of sp³-hybridized carbons (Fsp3) is 0.684. The SMILES string of the molecule is CN(Cc1cccc2c1CCCN2)CC1CC2CCC1C2. The molecule has 0 amide bonds. The Balaban J connectivity index is 1.41. The minimum absolute atomic E-state index is 0.978. The summed E-state index contributed by atoms with van der Waals surface area (Å²) < 4.78 is 0. The van der Waals surface area contributed by atoms with Gasteiger partial charge >= 0.3 is 0 Å². The molecule has 0 aromatic heterocycles. The molecule has 2 saturated carbocycles. The van der Waals surface area contributed by atoms with Gasteiger partial charge in [0.05, 0.1) is 0 Å². The molecule has 2 nitrogen and oxygen atoms in total. The second-order valence-electron chi connectivity index (χ2n) is 7.61. The van der Waals surface area contributed by atoms with Crippen LogP contribution in [0.4, 0.5) is 5.69 Å². The van der Waals surface area contributed by atoms with Crippen molar-refractivity contribution in [3.05, 3.63) is 29.3 Å². The summed E-state index contributed by atoms with van der Waals surface area (Å²) in [6.45, 7) is 3.56. The van der Waals surface area contributed by atoms with E-state index in [4.69, 9.17) is 0 Å². The highest BCUT2D eigenvalue weighted by Gasteiger charge is 2.39. The summed E-state index contributed by atoms with van der Waals surface area (Å²) in [5.74, 6) is 3.09. The maximum absolute atomic E-state index is 3.55. The van der Waals surface area contributed by atoms with Gasteiger partial charge in [-0.15, -0.1) is 0 Å². The molecule has 1 N–H and O–H groups in total. The molecule has 4 rings (SSSR count). The van der Waals surface area contributed by atoms with Crippen molar-refractivity contribution in [3.63, 3.8) is 0 Å². The predicted octanol–water partition coefficient (Wildman–Crippen LogP) is 3.91. The molecule has 2 bridgehead atoms. The Hall–Kier alpha value is -1.02. The van der Waals surface area contributed by atoms with Crippen LogP contribution >= 0.6 is 0 Å². The maximum atomic E-state index is 3.55. The molecule has 2 heteroatoms. The number of rotatable bonds is 4. The normalized spacial score (nSPS) is 30.5. The molecule has 1 aromatic carbocycles. The van der Waals surface area contributed by atoms with Gasteiger partial charge in [0.25, 0.3) is 0 Å². The summed E-state index contributed by atoms with van der Waals surface area (Å²) in [4.78, 5) is 2.58. The van der Waals surface area contributed by atoms with E-state index in [0.29, 0.717) is 0 Å². The topological polar surface area (TPSA) is 15.3 Å². The van der Waals surface area contributed by atoms with E-state index in [-0.39, 0.29) is 0 Å². The molecule has 2 fully saturated rings. The molecule has 0 saturated heterocycles. The minimum atomic E-state index is 0.978. The number of benzene rings is 1. The van der Waals surface area contributed by atoms with Crippen molar-refractivity contribution in [1.82, 2.24) is 4.90 Å². The zero-order valence-corrected chi connectivity index (χ0v) is 13.3. The lowest BCUT2D eigenvalue weighted by Crippen LogP contribution is -2.29. The van der Waals surface area contributed by atoms with Crippen molar-refractivity contribution < 1.29 is 0 Å². The van der Waals surface area contributed by atoms with Crippen molar-refractivity contribution >= 4 is 5.69 Å². The van der Waals surface area contributed by atoms with Gasteiger partial charge in [0.1, 0.15) is 0 Å². The Bertz CT molecular complexity index is 510. The second kappa shape index (κ2) is 5.64. The molecular formula is C19H28N2. The van der Waals surface area contributed by atoms with Crippen LogP contribution in [0.1, 0.15) is 43.2 Å². The minimum Gasteiger partial charge on any atom is -0.385 e. The Kier molecular flexibility index (Phi) is 3.66. The molecule has 1 heterocycles. The van der Waals surface area contributed by atoms with Gasteiger partial charge in [-0.05, 0) is 74.1 Å². The summed E-state index contributed by atoms with van der Waals surface area (Å²) >= 11 is 0. The van der Waals surface area contributed by atoms with Crippen LogP contribution < -0.4 is 5.32 Å². The quantitative estimate of drug-likeness (QED) is 0.901. The van der Waals surface area contributed by atoms with E-state index in [1.165, 1.54) is 50.8 Å². The van der Waals surface area contributed by atoms with Gasteiger partial charge in [-0.2, -0.15) is 0 Å². The van der Waals surface area contributed by atoms with Crippen LogP contribution in [0.3, 0.4) is 0 Å².